The second-order valence-electron chi connectivity index (χ2n) is 7.16. The van der Waals surface area contributed by atoms with E-state index in [2.05, 4.69) is 0 Å². The Kier molecular flexibility index (Phi) is 5.69. The van der Waals surface area contributed by atoms with Crippen molar-refractivity contribution in [3.05, 3.63) is 60.5 Å². The van der Waals surface area contributed by atoms with Gasteiger partial charge in [-0.2, -0.15) is 0 Å². The molecule has 2 aromatic carbocycles. The molecule has 2 heterocycles. The van der Waals surface area contributed by atoms with E-state index in [-0.39, 0.29) is 38.7 Å². The second kappa shape index (κ2) is 7.82. The molecule has 0 radical (unpaired) electrons. The standard InChI is InChI=1S/C20H14Cl5NO3/c21-10-7-11-15(27)9-20(29-18(11)14(24)8-10)3-5-26(6-4-20)19(28)16-12(22)1-2-13(23)17(16)25/h1-2,7-8H,3-6,9H2. The van der Waals surface area contributed by atoms with Crippen molar-refractivity contribution in [3.8, 4) is 5.75 Å². The fourth-order valence-electron chi connectivity index (χ4n) is 3.79. The lowest BCUT2D eigenvalue weighted by molar-refractivity contribution is -0.00563. The van der Waals surface area contributed by atoms with Crippen molar-refractivity contribution in [2.45, 2.75) is 24.9 Å². The van der Waals surface area contributed by atoms with Gasteiger partial charge in [-0.1, -0.05) is 58.0 Å². The first-order valence-corrected chi connectivity index (χ1v) is 10.7. The van der Waals surface area contributed by atoms with Gasteiger partial charge < -0.3 is 9.64 Å². The van der Waals surface area contributed by atoms with E-state index in [0.29, 0.717) is 47.3 Å². The van der Waals surface area contributed by atoms with E-state index < -0.39 is 5.60 Å². The SMILES string of the molecule is O=C1CC2(CCN(C(=O)c3c(Cl)ccc(Cl)c3Cl)CC2)Oc2c(Cl)cc(Cl)cc21. The molecule has 4 nitrogen and oxygen atoms in total. The van der Waals surface area contributed by atoms with E-state index in [0.717, 1.165) is 0 Å². The van der Waals surface area contributed by atoms with Crippen molar-refractivity contribution in [1.82, 2.24) is 4.90 Å². The van der Waals surface area contributed by atoms with Gasteiger partial charge in [0.25, 0.3) is 5.91 Å². The largest absolute Gasteiger partial charge is 0.484 e. The number of amides is 1. The van der Waals surface area contributed by atoms with Crippen molar-refractivity contribution in [1.29, 1.82) is 0 Å². The lowest BCUT2D eigenvalue weighted by Gasteiger charge is -2.44. The summed E-state index contributed by atoms with van der Waals surface area (Å²) in [6.45, 7) is 0.762. The molecule has 1 saturated heterocycles. The molecule has 4 rings (SSSR count). The monoisotopic (exact) mass is 491 g/mol. The summed E-state index contributed by atoms with van der Waals surface area (Å²) in [5, 5.41) is 1.32. The number of halogens is 5. The van der Waals surface area contributed by atoms with Crippen molar-refractivity contribution < 1.29 is 14.3 Å². The van der Waals surface area contributed by atoms with Crippen LogP contribution in [0.5, 0.6) is 5.75 Å². The number of nitrogens with zero attached hydrogens (tertiary/aromatic N) is 1. The minimum absolute atomic E-state index is 0.0728. The van der Waals surface area contributed by atoms with Crippen molar-refractivity contribution >= 4 is 69.7 Å². The van der Waals surface area contributed by atoms with Crippen LogP contribution in [0.3, 0.4) is 0 Å². The highest BCUT2D eigenvalue weighted by atomic mass is 35.5. The summed E-state index contributed by atoms with van der Waals surface area (Å²) in [6, 6.07) is 6.21. The van der Waals surface area contributed by atoms with Crippen LogP contribution in [0.2, 0.25) is 25.1 Å². The van der Waals surface area contributed by atoms with Gasteiger partial charge in [0.1, 0.15) is 11.4 Å². The highest BCUT2D eigenvalue weighted by Gasteiger charge is 2.44. The molecule has 1 amide bonds. The zero-order valence-corrected chi connectivity index (χ0v) is 18.7. The van der Waals surface area contributed by atoms with Crippen LogP contribution in [0.25, 0.3) is 0 Å². The summed E-state index contributed by atoms with van der Waals surface area (Å²) in [7, 11) is 0. The first-order valence-electron chi connectivity index (χ1n) is 8.85. The Hall–Kier alpha value is -1.17. The fraction of sp³-hybridized carbons (Fsp3) is 0.300. The third-order valence-corrected chi connectivity index (χ3v) is 6.95. The molecule has 0 atom stereocenters. The molecule has 152 valence electrons. The third-order valence-electron chi connectivity index (χ3n) is 5.33. The maximum atomic E-state index is 13.0. The number of ketones is 1. The lowest BCUT2D eigenvalue weighted by Crippen LogP contribution is -2.52. The first-order chi connectivity index (χ1) is 13.7. The molecule has 0 aromatic heterocycles. The minimum Gasteiger partial charge on any atom is -0.484 e. The molecule has 0 N–H and O–H groups in total. The number of fused-ring (bicyclic) bond motifs is 1. The summed E-state index contributed by atoms with van der Waals surface area (Å²) < 4.78 is 6.19. The number of likely N-dealkylation sites (tertiary alicyclic amines) is 1. The van der Waals surface area contributed by atoms with Gasteiger partial charge in [-0.05, 0) is 24.3 Å². The van der Waals surface area contributed by atoms with Gasteiger partial charge in [0.05, 0.1) is 37.6 Å². The third kappa shape index (κ3) is 3.82. The maximum Gasteiger partial charge on any atom is 0.256 e. The van der Waals surface area contributed by atoms with Crippen LogP contribution < -0.4 is 4.74 Å². The average molecular weight is 494 g/mol. The predicted octanol–water partition coefficient (Wildman–Crippen LogP) is 6.59. The van der Waals surface area contributed by atoms with E-state index in [1.165, 1.54) is 0 Å². The highest BCUT2D eigenvalue weighted by molar-refractivity contribution is 6.46. The molecule has 0 bridgehead atoms. The molecule has 0 saturated carbocycles. The Bertz CT molecular complexity index is 1030. The normalized spacial score (nSPS) is 17.8. The molecule has 29 heavy (non-hydrogen) atoms. The summed E-state index contributed by atoms with van der Waals surface area (Å²) in [4.78, 5) is 27.3. The van der Waals surface area contributed by atoms with E-state index in [1.54, 1.807) is 29.2 Å². The smallest absolute Gasteiger partial charge is 0.256 e. The zero-order chi connectivity index (χ0) is 20.9. The van der Waals surface area contributed by atoms with Gasteiger partial charge in [-0.25, -0.2) is 0 Å². The number of rotatable bonds is 1. The molecule has 1 fully saturated rings. The summed E-state index contributed by atoms with van der Waals surface area (Å²) in [5.74, 6) is -0.0194. The lowest BCUT2D eigenvalue weighted by atomic mass is 9.82. The van der Waals surface area contributed by atoms with Crippen LogP contribution >= 0.6 is 58.0 Å². The van der Waals surface area contributed by atoms with Crippen LogP contribution in [0.15, 0.2) is 24.3 Å². The predicted molar refractivity (Wildman–Crippen MR) is 115 cm³/mol. The molecule has 1 spiro atoms. The number of hydrogen-bond donors (Lipinski definition) is 0. The van der Waals surface area contributed by atoms with Gasteiger partial charge in [-0.15, -0.1) is 0 Å². The average Bonchev–Trinajstić information content (AvgIpc) is 2.67. The Morgan fingerprint density at radius 3 is 2.31 bits per heavy atom. The molecular formula is C20H14Cl5NO3. The van der Waals surface area contributed by atoms with Gasteiger partial charge in [-0.3, -0.25) is 9.59 Å². The van der Waals surface area contributed by atoms with E-state index in [4.69, 9.17) is 62.7 Å². The van der Waals surface area contributed by atoms with Gasteiger partial charge in [0, 0.05) is 31.0 Å². The van der Waals surface area contributed by atoms with Crippen molar-refractivity contribution in [2.24, 2.45) is 0 Å². The zero-order valence-electron chi connectivity index (χ0n) is 14.9. The van der Waals surface area contributed by atoms with Crippen LogP contribution in [-0.2, 0) is 0 Å². The Morgan fingerprint density at radius 2 is 1.62 bits per heavy atom. The number of Topliss-reactive ketones (excluding diaryl/α,β-unsaturated/α-hetero) is 1. The summed E-state index contributed by atoms with van der Waals surface area (Å²) >= 11 is 30.7. The van der Waals surface area contributed by atoms with E-state index >= 15 is 0 Å². The van der Waals surface area contributed by atoms with Gasteiger partial charge >= 0.3 is 0 Å². The molecule has 0 unspecified atom stereocenters. The first kappa shape index (κ1) is 21.1. The number of benzene rings is 2. The van der Waals surface area contributed by atoms with E-state index in [1.807, 2.05) is 0 Å². The number of ether oxygens (including phenoxy) is 1. The molecule has 2 aliphatic heterocycles. The van der Waals surface area contributed by atoms with Crippen LogP contribution in [-0.4, -0.2) is 35.3 Å². The highest BCUT2D eigenvalue weighted by Crippen LogP contribution is 2.44. The maximum absolute atomic E-state index is 13.0. The van der Waals surface area contributed by atoms with Crippen LogP contribution in [0.1, 0.15) is 40.0 Å². The second-order valence-corrected chi connectivity index (χ2v) is 9.20. The van der Waals surface area contributed by atoms with Crippen LogP contribution in [0.4, 0.5) is 0 Å². The minimum atomic E-state index is -0.708. The molecule has 2 aromatic rings. The number of piperidine rings is 1. The topological polar surface area (TPSA) is 46.6 Å². The fourth-order valence-corrected chi connectivity index (χ4v) is 5.01. The van der Waals surface area contributed by atoms with E-state index in [9.17, 15) is 9.59 Å². The summed E-state index contributed by atoms with van der Waals surface area (Å²) in [5.41, 5.74) is -0.134. The Labute approximate surface area is 192 Å². The molecule has 2 aliphatic rings. The summed E-state index contributed by atoms with van der Waals surface area (Å²) in [6.07, 6.45) is 1.15. The number of hydrogen-bond acceptors (Lipinski definition) is 3. The quantitative estimate of drug-likeness (QED) is 0.421. The molecule has 9 heteroatoms. The van der Waals surface area contributed by atoms with Gasteiger partial charge in [0.2, 0.25) is 0 Å². The van der Waals surface area contributed by atoms with Crippen molar-refractivity contribution in [2.75, 3.05) is 13.1 Å². The number of carbonyl (C=O) groups excluding carboxylic acids is 2. The number of carbonyl (C=O) groups is 2. The molecule has 0 aliphatic carbocycles. The molecular weight excluding hydrogens is 479 g/mol. The Balaban J connectivity index is 1.55. The Morgan fingerprint density at radius 1 is 0.966 bits per heavy atom. The van der Waals surface area contributed by atoms with Crippen LogP contribution in [0, 0.1) is 0 Å². The van der Waals surface area contributed by atoms with Crippen molar-refractivity contribution in [3.63, 3.8) is 0 Å². The van der Waals surface area contributed by atoms with Gasteiger partial charge in [0.15, 0.2) is 5.78 Å².